The Bertz CT molecular complexity index is 1130. The number of hydrogen-bond acceptors (Lipinski definition) is 4. The van der Waals surface area contributed by atoms with Crippen molar-refractivity contribution in [3.05, 3.63) is 83.4 Å². The summed E-state index contributed by atoms with van der Waals surface area (Å²) in [6, 6.07) is 20.3. The van der Waals surface area contributed by atoms with Gasteiger partial charge in [0.15, 0.2) is 0 Å². The number of nitrogens with one attached hydrogen (secondary N) is 1. The number of anilines is 2. The molecule has 0 unspecified atom stereocenters. The second-order valence-corrected chi connectivity index (χ2v) is 9.48. The predicted octanol–water partition coefficient (Wildman–Crippen LogP) is 5.53. The Morgan fingerprint density at radius 1 is 1.03 bits per heavy atom. The Balaban J connectivity index is 1.92. The predicted molar refractivity (Wildman–Crippen MR) is 124 cm³/mol. The molecule has 0 aliphatic carbocycles. The second kappa shape index (κ2) is 9.55. The Kier molecular flexibility index (Phi) is 7.07. The molecule has 1 amide bonds. The summed E-state index contributed by atoms with van der Waals surface area (Å²) in [5.74, 6) is -0.475. The number of halogens is 1. The lowest BCUT2D eigenvalue weighted by atomic mass is 10.2. The van der Waals surface area contributed by atoms with Crippen LogP contribution >= 0.6 is 23.4 Å². The van der Waals surface area contributed by atoms with E-state index in [0.29, 0.717) is 11.4 Å². The molecule has 1 N–H and O–H groups in total. The van der Waals surface area contributed by atoms with E-state index in [9.17, 15) is 13.2 Å². The van der Waals surface area contributed by atoms with Crippen LogP contribution in [0.3, 0.4) is 0 Å². The maximum absolute atomic E-state index is 13.2. The lowest BCUT2D eigenvalue weighted by Crippen LogP contribution is -2.31. The summed E-state index contributed by atoms with van der Waals surface area (Å²) >= 11 is 7.81. The first kappa shape index (κ1) is 22.2. The first-order valence-corrected chi connectivity index (χ1v) is 12.2. The van der Waals surface area contributed by atoms with Crippen molar-refractivity contribution in [2.24, 2.45) is 0 Å². The molecule has 0 radical (unpaired) electrons. The maximum atomic E-state index is 13.2. The van der Waals surface area contributed by atoms with Crippen LogP contribution in [0.4, 0.5) is 11.4 Å². The molecule has 0 aromatic heterocycles. The first-order valence-electron chi connectivity index (χ1n) is 9.19. The van der Waals surface area contributed by atoms with Gasteiger partial charge in [0.05, 0.1) is 21.2 Å². The molecule has 0 heterocycles. The molecule has 0 saturated heterocycles. The van der Waals surface area contributed by atoms with Gasteiger partial charge in [-0.3, -0.25) is 9.10 Å². The van der Waals surface area contributed by atoms with E-state index in [-0.39, 0.29) is 22.0 Å². The highest BCUT2D eigenvalue weighted by Crippen LogP contribution is 2.27. The topological polar surface area (TPSA) is 66.5 Å². The summed E-state index contributed by atoms with van der Waals surface area (Å²) in [7, 11) is -3.87. The van der Waals surface area contributed by atoms with Crippen molar-refractivity contribution in [2.75, 3.05) is 22.4 Å². The van der Waals surface area contributed by atoms with Gasteiger partial charge in [0.25, 0.3) is 15.9 Å². The third kappa shape index (κ3) is 4.80. The van der Waals surface area contributed by atoms with E-state index in [1.165, 1.54) is 22.5 Å². The molecule has 0 fully saturated rings. The molecule has 3 aromatic rings. The summed E-state index contributed by atoms with van der Waals surface area (Å²) in [4.78, 5) is 13.8. The highest BCUT2D eigenvalue weighted by molar-refractivity contribution is 7.98. The number of benzene rings is 3. The zero-order chi connectivity index (χ0) is 21.7. The van der Waals surface area contributed by atoms with Crippen LogP contribution in [0.1, 0.15) is 17.3 Å². The first-order chi connectivity index (χ1) is 14.4. The Labute approximate surface area is 186 Å². The van der Waals surface area contributed by atoms with Crippen LogP contribution in [0, 0.1) is 0 Å². The Morgan fingerprint density at radius 3 is 2.30 bits per heavy atom. The molecule has 3 rings (SSSR count). The van der Waals surface area contributed by atoms with Crippen LogP contribution < -0.4 is 9.62 Å². The van der Waals surface area contributed by atoms with Crippen LogP contribution in [0.5, 0.6) is 0 Å². The Morgan fingerprint density at radius 2 is 1.70 bits per heavy atom. The van der Waals surface area contributed by atoms with Gasteiger partial charge in [-0.2, -0.15) is 0 Å². The number of hydrogen-bond donors (Lipinski definition) is 1. The molecule has 0 atom stereocenters. The SMILES string of the molecule is CCN(c1ccccc1)S(=O)(=O)c1ccc(Cl)c(C(=O)Nc2ccc(SC)cc2)c1. The van der Waals surface area contributed by atoms with Crippen molar-refractivity contribution < 1.29 is 13.2 Å². The highest BCUT2D eigenvalue weighted by atomic mass is 35.5. The summed E-state index contributed by atoms with van der Waals surface area (Å²) in [6.07, 6.45) is 1.97. The fraction of sp³-hybridized carbons (Fsp3) is 0.136. The Hall–Kier alpha value is -2.48. The van der Waals surface area contributed by atoms with Crippen molar-refractivity contribution >= 4 is 50.7 Å². The van der Waals surface area contributed by atoms with Gasteiger partial charge < -0.3 is 5.32 Å². The monoisotopic (exact) mass is 460 g/mol. The molecular formula is C22H21ClN2O3S2. The molecule has 156 valence electrons. The van der Waals surface area contributed by atoms with Gasteiger partial charge in [-0.1, -0.05) is 29.8 Å². The highest BCUT2D eigenvalue weighted by Gasteiger charge is 2.25. The third-order valence-corrected chi connectivity index (χ3v) is 7.42. The lowest BCUT2D eigenvalue weighted by Gasteiger charge is -2.23. The average molecular weight is 461 g/mol. The lowest BCUT2D eigenvalue weighted by molar-refractivity contribution is 0.102. The number of carbonyl (C=O) groups excluding carboxylic acids is 1. The molecular weight excluding hydrogens is 440 g/mol. The van der Waals surface area contributed by atoms with Crippen LogP contribution in [-0.2, 0) is 10.0 Å². The third-order valence-electron chi connectivity index (χ3n) is 4.45. The molecule has 0 spiro atoms. The summed E-state index contributed by atoms with van der Waals surface area (Å²) in [5.41, 5.74) is 1.24. The second-order valence-electron chi connectivity index (χ2n) is 6.33. The van der Waals surface area contributed by atoms with Gasteiger partial charge in [-0.05, 0) is 67.8 Å². The van der Waals surface area contributed by atoms with Crippen molar-refractivity contribution in [3.63, 3.8) is 0 Å². The van der Waals surface area contributed by atoms with Crippen LogP contribution in [0.15, 0.2) is 82.6 Å². The minimum atomic E-state index is -3.87. The largest absolute Gasteiger partial charge is 0.322 e. The number of amides is 1. The fourth-order valence-corrected chi connectivity index (χ4v) is 5.04. The number of thioether (sulfide) groups is 1. The van der Waals surface area contributed by atoms with Gasteiger partial charge in [0.1, 0.15) is 0 Å². The van der Waals surface area contributed by atoms with Crippen molar-refractivity contribution in [1.82, 2.24) is 0 Å². The standard InChI is InChI=1S/C22H21ClN2O3S2/c1-3-25(17-7-5-4-6-8-17)30(27,28)19-13-14-21(23)20(15-19)22(26)24-16-9-11-18(29-2)12-10-16/h4-15H,3H2,1-2H3,(H,24,26). The number of nitrogens with zero attached hydrogens (tertiary/aromatic N) is 1. The minimum absolute atomic E-state index is 0.000448. The van der Waals surface area contributed by atoms with E-state index in [2.05, 4.69) is 5.32 Å². The molecule has 0 aliphatic heterocycles. The number of rotatable bonds is 7. The zero-order valence-electron chi connectivity index (χ0n) is 16.5. The van der Waals surface area contributed by atoms with Crippen molar-refractivity contribution in [1.29, 1.82) is 0 Å². The van der Waals surface area contributed by atoms with Gasteiger partial charge in [0, 0.05) is 17.1 Å². The molecule has 3 aromatic carbocycles. The minimum Gasteiger partial charge on any atom is -0.322 e. The molecule has 0 bridgehead atoms. The van der Waals surface area contributed by atoms with Gasteiger partial charge in [-0.25, -0.2) is 8.42 Å². The maximum Gasteiger partial charge on any atom is 0.264 e. The van der Waals surface area contributed by atoms with Crippen LogP contribution in [0.2, 0.25) is 5.02 Å². The molecule has 0 aliphatic rings. The van der Waals surface area contributed by atoms with E-state index in [0.717, 1.165) is 4.90 Å². The van der Waals surface area contributed by atoms with E-state index in [4.69, 9.17) is 11.6 Å². The summed E-state index contributed by atoms with van der Waals surface area (Å²) in [5, 5.41) is 2.94. The van der Waals surface area contributed by atoms with Crippen molar-refractivity contribution in [2.45, 2.75) is 16.7 Å². The van der Waals surface area contributed by atoms with E-state index >= 15 is 0 Å². The van der Waals surface area contributed by atoms with Gasteiger partial charge in [-0.15, -0.1) is 11.8 Å². The molecule has 0 saturated carbocycles. The quantitative estimate of drug-likeness (QED) is 0.471. The zero-order valence-corrected chi connectivity index (χ0v) is 18.9. The smallest absolute Gasteiger partial charge is 0.264 e. The van der Waals surface area contributed by atoms with Crippen LogP contribution in [-0.4, -0.2) is 27.1 Å². The molecule has 5 nitrogen and oxygen atoms in total. The average Bonchev–Trinajstić information content (AvgIpc) is 2.75. The van der Waals surface area contributed by atoms with E-state index < -0.39 is 15.9 Å². The van der Waals surface area contributed by atoms with Gasteiger partial charge >= 0.3 is 0 Å². The molecule has 30 heavy (non-hydrogen) atoms. The number of carbonyl (C=O) groups is 1. The van der Waals surface area contributed by atoms with Crippen LogP contribution in [0.25, 0.3) is 0 Å². The van der Waals surface area contributed by atoms with Crippen molar-refractivity contribution in [3.8, 4) is 0 Å². The summed E-state index contributed by atoms with van der Waals surface area (Å²) < 4.78 is 27.7. The van der Waals surface area contributed by atoms with Gasteiger partial charge in [0.2, 0.25) is 0 Å². The van der Waals surface area contributed by atoms with E-state index in [1.807, 2.05) is 24.5 Å². The summed E-state index contributed by atoms with van der Waals surface area (Å²) in [6.45, 7) is 2.00. The number of sulfonamides is 1. The number of para-hydroxylation sites is 1. The van der Waals surface area contributed by atoms with E-state index in [1.54, 1.807) is 55.1 Å². The molecule has 8 heteroatoms. The normalized spacial score (nSPS) is 11.2. The fourth-order valence-electron chi connectivity index (χ4n) is 2.92.